The largest absolute Gasteiger partial charge is 0.286 e. The van der Waals surface area contributed by atoms with Crippen molar-refractivity contribution in [1.29, 1.82) is 0 Å². The van der Waals surface area contributed by atoms with Crippen LogP contribution in [0.5, 0.6) is 0 Å². The van der Waals surface area contributed by atoms with Crippen LogP contribution in [0.3, 0.4) is 0 Å². The van der Waals surface area contributed by atoms with Gasteiger partial charge < -0.3 is 0 Å². The zero-order valence-corrected chi connectivity index (χ0v) is 12.9. The van der Waals surface area contributed by atoms with E-state index in [0.717, 1.165) is 12.8 Å². The summed E-state index contributed by atoms with van der Waals surface area (Å²) in [5.41, 5.74) is 0.188. The molecule has 0 aromatic carbocycles. The molecule has 2 aliphatic rings. The summed E-state index contributed by atoms with van der Waals surface area (Å²) in [5, 5.41) is 17.6. The van der Waals surface area contributed by atoms with Gasteiger partial charge in [0, 0.05) is 30.3 Å². The zero-order chi connectivity index (χ0) is 15.2. The van der Waals surface area contributed by atoms with Gasteiger partial charge in [0.2, 0.25) is 0 Å². The van der Waals surface area contributed by atoms with E-state index >= 15 is 0 Å². The SMILES string of the molecule is CCCCCCC(CC)N1N=CC2C=CC([N+](=O)[O-])=CC21. The van der Waals surface area contributed by atoms with Crippen LogP contribution in [-0.4, -0.2) is 28.2 Å². The van der Waals surface area contributed by atoms with Gasteiger partial charge in [0.15, 0.2) is 0 Å². The number of fused-ring (bicyclic) bond motifs is 1. The van der Waals surface area contributed by atoms with Crippen molar-refractivity contribution in [3.63, 3.8) is 0 Å². The second kappa shape index (κ2) is 7.38. The minimum absolute atomic E-state index is 0.0199. The van der Waals surface area contributed by atoms with Gasteiger partial charge in [0.25, 0.3) is 5.70 Å². The normalized spacial score (nSPS) is 24.9. The maximum absolute atomic E-state index is 11.0. The van der Waals surface area contributed by atoms with Crippen LogP contribution in [0.4, 0.5) is 0 Å². The fourth-order valence-electron chi connectivity index (χ4n) is 3.08. The van der Waals surface area contributed by atoms with E-state index in [9.17, 15) is 10.1 Å². The lowest BCUT2D eigenvalue weighted by atomic mass is 9.94. The molecule has 3 unspecified atom stereocenters. The molecule has 3 atom stereocenters. The van der Waals surface area contributed by atoms with Crippen LogP contribution >= 0.6 is 0 Å². The molecule has 0 aromatic heterocycles. The van der Waals surface area contributed by atoms with Crippen molar-refractivity contribution in [2.45, 2.75) is 64.5 Å². The minimum atomic E-state index is -0.314. The molecule has 5 nitrogen and oxygen atoms in total. The van der Waals surface area contributed by atoms with Gasteiger partial charge in [-0.05, 0) is 12.8 Å². The van der Waals surface area contributed by atoms with Crippen LogP contribution in [0.15, 0.2) is 29.0 Å². The minimum Gasteiger partial charge on any atom is -0.286 e. The number of nitrogens with zero attached hydrogens (tertiary/aromatic N) is 3. The molecular formula is C16H25N3O2. The zero-order valence-electron chi connectivity index (χ0n) is 12.9. The van der Waals surface area contributed by atoms with Crippen molar-refractivity contribution in [3.8, 4) is 0 Å². The summed E-state index contributed by atoms with van der Waals surface area (Å²) < 4.78 is 0. The van der Waals surface area contributed by atoms with E-state index in [2.05, 4.69) is 24.0 Å². The second-order valence-corrected chi connectivity index (χ2v) is 5.83. The van der Waals surface area contributed by atoms with E-state index in [1.165, 1.54) is 25.7 Å². The molecule has 0 amide bonds. The van der Waals surface area contributed by atoms with E-state index < -0.39 is 0 Å². The summed E-state index contributed by atoms with van der Waals surface area (Å²) in [7, 11) is 0. The van der Waals surface area contributed by atoms with Crippen LogP contribution in [0, 0.1) is 16.0 Å². The Kier molecular flexibility index (Phi) is 5.53. The van der Waals surface area contributed by atoms with Gasteiger partial charge in [-0.25, -0.2) is 0 Å². The summed E-state index contributed by atoms with van der Waals surface area (Å²) in [6, 6.07) is 0.399. The van der Waals surface area contributed by atoms with Gasteiger partial charge >= 0.3 is 0 Å². The predicted octanol–water partition coefficient (Wildman–Crippen LogP) is 3.75. The average Bonchev–Trinajstić information content (AvgIpc) is 2.90. The molecule has 5 heteroatoms. The van der Waals surface area contributed by atoms with Crippen LogP contribution in [-0.2, 0) is 0 Å². The molecule has 0 saturated carbocycles. The Balaban J connectivity index is 2.00. The highest BCUT2D eigenvalue weighted by Crippen LogP contribution is 2.30. The van der Waals surface area contributed by atoms with Gasteiger partial charge in [-0.3, -0.25) is 15.1 Å². The number of hydrogen-bond acceptors (Lipinski definition) is 4. The number of hydrazone groups is 1. The molecule has 21 heavy (non-hydrogen) atoms. The lowest BCUT2D eigenvalue weighted by molar-refractivity contribution is -0.419. The molecule has 0 saturated heterocycles. The van der Waals surface area contributed by atoms with Gasteiger partial charge in [-0.2, -0.15) is 5.10 Å². The van der Waals surface area contributed by atoms with E-state index in [-0.39, 0.29) is 22.6 Å². The molecule has 0 radical (unpaired) electrons. The number of rotatable bonds is 8. The van der Waals surface area contributed by atoms with Crippen molar-refractivity contribution in [2.75, 3.05) is 0 Å². The average molecular weight is 291 g/mol. The Bertz CT molecular complexity index is 456. The maximum Gasteiger partial charge on any atom is 0.267 e. The molecule has 1 aliphatic carbocycles. The summed E-state index contributed by atoms with van der Waals surface area (Å²) >= 11 is 0. The topological polar surface area (TPSA) is 58.7 Å². The highest BCUT2D eigenvalue weighted by molar-refractivity contribution is 5.68. The fraction of sp³-hybridized carbons (Fsp3) is 0.688. The van der Waals surface area contributed by atoms with E-state index in [0.29, 0.717) is 6.04 Å². The van der Waals surface area contributed by atoms with E-state index in [1.807, 2.05) is 12.3 Å². The summed E-state index contributed by atoms with van der Waals surface area (Å²) in [6.45, 7) is 4.38. The lowest BCUT2D eigenvalue weighted by Crippen LogP contribution is -2.39. The smallest absolute Gasteiger partial charge is 0.267 e. The van der Waals surface area contributed by atoms with Crippen LogP contribution in [0.25, 0.3) is 0 Å². The molecule has 0 fully saturated rings. The van der Waals surface area contributed by atoms with Gasteiger partial charge in [0.05, 0.1) is 11.0 Å². The Morgan fingerprint density at radius 3 is 2.86 bits per heavy atom. The van der Waals surface area contributed by atoms with Crippen LogP contribution in [0.2, 0.25) is 0 Å². The third-order valence-electron chi connectivity index (χ3n) is 4.35. The molecule has 0 bridgehead atoms. The van der Waals surface area contributed by atoms with Crippen molar-refractivity contribution in [3.05, 3.63) is 34.0 Å². The third-order valence-corrected chi connectivity index (χ3v) is 4.35. The highest BCUT2D eigenvalue weighted by atomic mass is 16.6. The maximum atomic E-state index is 11.0. The number of unbranched alkanes of at least 4 members (excludes halogenated alkanes) is 3. The molecule has 2 rings (SSSR count). The molecular weight excluding hydrogens is 266 g/mol. The first-order valence-electron chi connectivity index (χ1n) is 8.04. The number of hydrogen-bond donors (Lipinski definition) is 0. The Hall–Kier alpha value is -1.65. The van der Waals surface area contributed by atoms with Crippen LogP contribution < -0.4 is 0 Å². The molecule has 0 spiro atoms. The Labute approximate surface area is 126 Å². The summed E-state index contributed by atoms with van der Waals surface area (Å²) in [6.07, 6.45) is 14.3. The summed E-state index contributed by atoms with van der Waals surface area (Å²) in [4.78, 5) is 10.6. The summed E-state index contributed by atoms with van der Waals surface area (Å²) in [5.74, 6) is 0.179. The first-order chi connectivity index (χ1) is 10.2. The molecule has 116 valence electrons. The first kappa shape index (κ1) is 15.7. The standard InChI is InChI=1S/C16H25N3O2/c1-3-5-6-7-8-14(4-2)18-16-11-15(19(20)21)10-9-13(16)12-17-18/h9-14,16H,3-8H2,1-2H3. The van der Waals surface area contributed by atoms with Crippen molar-refractivity contribution in [1.82, 2.24) is 5.01 Å². The fourth-order valence-corrected chi connectivity index (χ4v) is 3.08. The van der Waals surface area contributed by atoms with E-state index in [4.69, 9.17) is 0 Å². The third kappa shape index (κ3) is 3.71. The highest BCUT2D eigenvalue weighted by Gasteiger charge is 2.35. The first-order valence-corrected chi connectivity index (χ1v) is 8.04. The van der Waals surface area contributed by atoms with Crippen LogP contribution in [0.1, 0.15) is 52.4 Å². The van der Waals surface area contributed by atoms with Crippen molar-refractivity contribution < 1.29 is 4.92 Å². The van der Waals surface area contributed by atoms with Crippen molar-refractivity contribution in [2.24, 2.45) is 11.0 Å². The monoisotopic (exact) mass is 291 g/mol. The quantitative estimate of drug-likeness (QED) is 0.389. The Morgan fingerprint density at radius 1 is 1.38 bits per heavy atom. The van der Waals surface area contributed by atoms with Crippen molar-refractivity contribution >= 4 is 6.21 Å². The van der Waals surface area contributed by atoms with Gasteiger partial charge in [-0.15, -0.1) is 0 Å². The molecule has 1 aliphatic heterocycles. The molecule has 1 heterocycles. The Morgan fingerprint density at radius 2 is 2.19 bits per heavy atom. The predicted molar refractivity (Wildman–Crippen MR) is 84.7 cm³/mol. The number of nitro groups is 1. The van der Waals surface area contributed by atoms with E-state index in [1.54, 1.807) is 12.2 Å². The molecule has 0 N–H and O–H groups in total. The lowest BCUT2D eigenvalue weighted by Gasteiger charge is -2.32. The van der Waals surface area contributed by atoms with Gasteiger partial charge in [0.1, 0.15) is 0 Å². The number of allylic oxidation sites excluding steroid dienone is 1. The molecule has 0 aromatic rings. The van der Waals surface area contributed by atoms with Gasteiger partial charge in [-0.1, -0.05) is 45.6 Å². The second-order valence-electron chi connectivity index (χ2n) is 5.83.